The zero-order valence-electron chi connectivity index (χ0n) is 16.2. The van der Waals surface area contributed by atoms with Crippen molar-refractivity contribution in [2.75, 3.05) is 12.4 Å². The van der Waals surface area contributed by atoms with Gasteiger partial charge in [0.05, 0.1) is 7.11 Å². The number of ether oxygens (including phenoxy) is 2. The third kappa shape index (κ3) is 4.13. The van der Waals surface area contributed by atoms with Crippen molar-refractivity contribution in [3.05, 3.63) is 70.1 Å². The predicted molar refractivity (Wildman–Crippen MR) is 110 cm³/mol. The summed E-state index contributed by atoms with van der Waals surface area (Å²) in [6.07, 6.45) is 1.63. The molecular weight excluding hydrogens is 406 g/mol. The fourth-order valence-corrected chi connectivity index (χ4v) is 3.36. The fourth-order valence-electron chi connectivity index (χ4n) is 2.71. The first-order chi connectivity index (χ1) is 14.5. The van der Waals surface area contributed by atoms with Gasteiger partial charge in [-0.25, -0.2) is 9.78 Å². The first-order valence-electron chi connectivity index (χ1n) is 8.93. The Kier molecular flexibility index (Phi) is 5.40. The summed E-state index contributed by atoms with van der Waals surface area (Å²) >= 11 is 1.05. The van der Waals surface area contributed by atoms with Crippen LogP contribution in [0.15, 0.2) is 48.7 Å². The Labute approximate surface area is 175 Å². The van der Waals surface area contributed by atoms with Gasteiger partial charge in [-0.1, -0.05) is 17.4 Å². The molecule has 30 heavy (non-hydrogen) atoms. The number of benzene rings is 1. The van der Waals surface area contributed by atoms with Gasteiger partial charge in [0, 0.05) is 17.6 Å². The van der Waals surface area contributed by atoms with E-state index < -0.39 is 11.9 Å². The van der Waals surface area contributed by atoms with Crippen molar-refractivity contribution < 1.29 is 19.1 Å². The lowest BCUT2D eigenvalue weighted by molar-refractivity contribution is 0.0465. The smallest absolute Gasteiger partial charge is 0.358 e. The van der Waals surface area contributed by atoms with Crippen LogP contribution in [-0.2, 0) is 11.3 Å². The van der Waals surface area contributed by atoms with Gasteiger partial charge >= 0.3 is 5.97 Å². The van der Waals surface area contributed by atoms with Crippen LogP contribution in [0.3, 0.4) is 0 Å². The number of esters is 1. The lowest BCUT2D eigenvalue weighted by Gasteiger charge is -2.04. The van der Waals surface area contributed by atoms with Crippen LogP contribution in [-0.4, -0.2) is 38.6 Å². The molecular formula is C20H17N5O4S. The fraction of sp³-hybridized carbons (Fsp3) is 0.150. The molecule has 0 bridgehead atoms. The first kappa shape index (κ1) is 19.5. The Morgan fingerprint density at radius 3 is 2.67 bits per heavy atom. The van der Waals surface area contributed by atoms with Gasteiger partial charge in [0.15, 0.2) is 10.7 Å². The second kappa shape index (κ2) is 8.29. The number of pyridine rings is 1. The molecule has 3 aromatic heterocycles. The molecule has 0 saturated carbocycles. The van der Waals surface area contributed by atoms with Crippen LogP contribution in [0, 0.1) is 6.92 Å². The molecule has 152 valence electrons. The number of nitrogens with zero attached hydrogens (tertiary/aromatic N) is 4. The Balaban J connectivity index is 1.37. The molecule has 0 unspecified atom stereocenters. The molecule has 1 amide bonds. The quantitative estimate of drug-likeness (QED) is 0.475. The summed E-state index contributed by atoms with van der Waals surface area (Å²) in [6, 6.07) is 12.5. The maximum absolute atomic E-state index is 12.3. The third-order valence-corrected chi connectivity index (χ3v) is 5.14. The van der Waals surface area contributed by atoms with Crippen LogP contribution in [0.2, 0.25) is 0 Å². The first-order valence-corrected chi connectivity index (χ1v) is 9.75. The monoisotopic (exact) mass is 423 g/mol. The van der Waals surface area contributed by atoms with Crippen molar-refractivity contribution in [2.45, 2.75) is 13.5 Å². The molecule has 0 fully saturated rings. The van der Waals surface area contributed by atoms with Crippen LogP contribution < -0.4 is 10.1 Å². The number of imidazole rings is 1. The summed E-state index contributed by atoms with van der Waals surface area (Å²) in [4.78, 5) is 28.9. The molecule has 0 aliphatic heterocycles. The third-order valence-electron chi connectivity index (χ3n) is 4.24. The van der Waals surface area contributed by atoms with Crippen molar-refractivity contribution in [3.8, 4) is 5.75 Å². The van der Waals surface area contributed by atoms with Crippen LogP contribution in [0.1, 0.15) is 31.0 Å². The number of amides is 1. The van der Waals surface area contributed by atoms with E-state index in [0.29, 0.717) is 22.1 Å². The summed E-state index contributed by atoms with van der Waals surface area (Å²) in [6.45, 7) is 1.82. The van der Waals surface area contributed by atoms with E-state index in [9.17, 15) is 9.59 Å². The van der Waals surface area contributed by atoms with Gasteiger partial charge in [-0.2, -0.15) is 0 Å². The van der Waals surface area contributed by atoms with Crippen molar-refractivity contribution >= 4 is 34.5 Å². The van der Waals surface area contributed by atoms with E-state index in [-0.39, 0.29) is 17.3 Å². The predicted octanol–water partition coefficient (Wildman–Crippen LogP) is 3.11. The standard InChI is InChI=1S/C20H17N5O4S/c1-12-4-3-5-16-22-15(10-25(12)16)20(27)29-11-17-23-24-19(30-17)18(26)21-13-6-8-14(28-2)9-7-13/h3-10H,11H2,1-2H3,(H,21,26). The Morgan fingerprint density at radius 1 is 1.13 bits per heavy atom. The van der Waals surface area contributed by atoms with Gasteiger partial charge in [-0.3, -0.25) is 4.79 Å². The lowest BCUT2D eigenvalue weighted by Crippen LogP contribution is -2.11. The normalized spacial score (nSPS) is 10.7. The lowest BCUT2D eigenvalue weighted by atomic mass is 10.3. The highest BCUT2D eigenvalue weighted by Crippen LogP contribution is 2.18. The number of carbonyl (C=O) groups excluding carboxylic acids is 2. The molecule has 0 aliphatic rings. The number of hydrogen-bond acceptors (Lipinski definition) is 8. The van der Waals surface area contributed by atoms with Crippen molar-refractivity contribution in [1.29, 1.82) is 0 Å². The maximum Gasteiger partial charge on any atom is 0.358 e. The highest BCUT2D eigenvalue weighted by atomic mass is 32.1. The number of fused-ring (bicyclic) bond motifs is 1. The molecule has 0 atom stereocenters. The summed E-state index contributed by atoms with van der Waals surface area (Å²) in [5, 5.41) is 11.1. The molecule has 4 aromatic rings. The van der Waals surface area contributed by atoms with E-state index in [0.717, 1.165) is 17.0 Å². The van der Waals surface area contributed by atoms with Crippen LogP contribution in [0.25, 0.3) is 5.65 Å². The summed E-state index contributed by atoms with van der Waals surface area (Å²) in [7, 11) is 1.57. The van der Waals surface area contributed by atoms with E-state index in [4.69, 9.17) is 9.47 Å². The Hall–Kier alpha value is -3.79. The van der Waals surface area contributed by atoms with Crippen molar-refractivity contribution in [2.24, 2.45) is 0 Å². The molecule has 0 spiro atoms. The minimum Gasteiger partial charge on any atom is -0.497 e. The van der Waals surface area contributed by atoms with Crippen LogP contribution >= 0.6 is 11.3 Å². The zero-order chi connectivity index (χ0) is 21.1. The highest BCUT2D eigenvalue weighted by molar-refractivity contribution is 7.13. The zero-order valence-corrected chi connectivity index (χ0v) is 17.0. The number of hydrogen-bond donors (Lipinski definition) is 1. The molecule has 0 radical (unpaired) electrons. The average Bonchev–Trinajstić information content (AvgIpc) is 3.41. The van der Waals surface area contributed by atoms with E-state index in [1.54, 1.807) is 37.6 Å². The molecule has 0 saturated heterocycles. The molecule has 4 rings (SSSR count). The van der Waals surface area contributed by atoms with E-state index in [1.807, 2.05) is 29.5 Å². The molecule has 3 heterocycles. The minimum atomic E-state index is -0.572. The maximum atomic E-state index is 12.3. The minimum absolute atomic E-state index is 0.0980. The van der Waals surface area contributed by atoms with E-state index in [2.05, 4.69) is 20.5 Å². The van der Waals surface area contributed by atoms with Gasteiger partial charge in [0.2, 0.25) is 5.01 Å². The number of carbonyl (C=O) groups is 2. The second-order valence-electron chi connectivity index (χ2n) is 6.28. The van der Waals surface area contributed by atoms with Crippen molar-refractivity contribution in [1.82, 2.24) is 19.6 Å². The number of rotatable bonds is 6. The van der Waals surface area contributed by atoms with Gasteiger partial charge < -0.3 is 19.2 Å². The summed E-state index contributed by atoms with van der Waals surface area (Å²) < 4.78 is 12.2. The Morgan fingerprint density at radius 2 is 1.93 bits per heavy atom. The van der Waals surface area contributed by atoms with Gasteiger partial charge in [-0.15, -0.1) is 10.2 Å². The summed E-state index contributed by atoms with van der Waals surface area (Å²) in [5.41, 5.74) is 2.42. The molecule has 9 nitrogen and oxygen atoms in total. The summed E-state index contributed by atoms with van der Waals surface area (Å²) in [5.74, 6) is -0.280. The topological polar surface area (TPSA) is 108 Å². The molecule has 1 N–H and O–H groups in total. The van der Waals surface area contributed by atoms with Gasteiger partial charge in [0.1, 0.15) is 18.0 Å². The van der Waals surface area contributed by atoms with Gasteiger partial charge in [-0.05, 0) is 43.3 Å². The number of aryl methyl sites for hydroxylation is 1. The number of aromatic nitrogens is 4. The average molecular weight is 423 g/mol. The molecule has 0 aliphatic carbocycles. The molecule has 1 aromatic carbocycles. The van der Waals surface area contributed by atoms with Crippen LogP contribution in [0.5, 0.6) is 5.75 Å². The molecule has 10 heteroatoms. The van der Waals surface area contributed by atoms with Gasteiger partial charge in [0.25, 0.3) is 5.91 Å². The highest BCUT2D eigenvalue weighted by Gasteiger charge is 2.17. The Bertz CT molecular complexity index is 1220. The number of methoxy groups -OCH3 is 1. The van der Waals surface area contributed by atoms with E-state index in [1.165, 1.54) is 0 Å². The van der Waals surface area contributed by atoms with E-state index >= 15 is 0 Å². The second-order valence-corrected chi connectivity index (χ2v) is 7.34. The SMILES string of the molecule is COc1ccc(NC(=O)c2nnc(COC(=O)c3cn4c(C)cccc4n3)s2)cc1. The number of nitrogens with one attached hydrogen (secondary N) is 1. The number of anilines is 1. The largest absolute Gasteiger partial charge is 0.497 e. The van der Waals surface area contributed by atoms with Crippen molar-refractivity contribution in [3.63, 3.8) is 0 Å². The van der Waals surface area contributed by atoms with Crippen LogP contribution in [0.4, 0.5) is 5.69 Å².